The molecule has 140 valence electrons. The van der Waals surface area contributed by atoms with Crippen molar-refractivity contribution >= 4 is 40.7 Å². The molecular weight excluding hydrogens is 368 g/mol. The number of nitrogens with one attached hydrogen (secondary N) is 3. The van der Waals surface area contributed by atoms with Gasteiger partial charge in [-0.1, -0.05) is 18.7 Å². The summed E-state index contributed by atoms with van der Waals surface area (Å²) in [6, 6.07) is 8.33. The van der Waals surface area contributed by atoms with E-state index >= 15 is 0 Å². The summed E-state index contributed by atoms with van der Waals surface area (Å²) >= 11 is 1.23. The first-order chi connectivity index (χ1) is 13.0. The van der Waals surface area contributed by atoms with E-state index in [9.17, 15) is 14.4 Å². The Morgan fingerprint density at radius 2 is 1.81 bits per heavy atom. The van der Waals surface area contributed by atoms with E-state index in [0.717, 1.165) is 5.69 Å². The number of rotatable bonds is 6. The second-order valence-corrected chi connectivity index (χ2v) is 6.66. The number of nitrogens with zero attached hydrogens (tertiary/aromatic N) is 3. The topological polar surface area (TPSA) is 121 Å². The van der Waals surface area contributed by atoms with Crippen LogP contribution in [0.4, 0.5) is 11.4 Å². The van der Waals surface area contributed by atoms with Crippen molar-refractivity contribution in [1.82, 2.24) is 19.6 Å². The minimum atomic E-state index is -0.233. The largest absolute Gasteiger partial charge is 0.326 e. The lowest BCUT2D eigenvalue weighted by Crippen LogP contribution is -2.15. The van der Waals surface area contributed by atoms with Gasteiger partial charge < -0.3 is 10.6 Å². The molecule has 2 aromatic heterocycles. The number of thioether (sulfide) groups is 1. The van der Waals surface area contributed by atoms with E-state index in [2.05, 4.69) is 25.8 Å². The molecule has 1 aromatic carbocycles. The molecule has 27 heavy (non-hydrogen) atoms. The van der Waals surface area contributed by atoms with E-state index < -0.39 is 0 Å². The number of fused-ring (bicyclic) bond motifs is 1. The lowest BCUT2D eigenvalue weighted by atomic mass is 10.3. The Balaban J connectivity index is 1.65. The second kappa shape index (κ2) is 8.04. The second-order valence-electron chi connectivity index (χ2n) is 5.72. The molecule has 0 unspecified atom stereocenters. The van der Waals surface area contributed by atoms with Gasteiger partial charge in [0.15, 0.2) is 5.16 Å². The van der Waals surface area contributed by atoms with Gasteiger partial charge in [-0.15, -0.1) is 10.2 Å². The monoisotopic (exact) mass is 386 g/mol. The van der Waals surface area contributed by atoms with E-state index in [1.165, 1.54) is 24.8 Å². The number of benzene rings is 1. The van der Waals surface area contributed by atoms with Gasteiger partial charge in [-0.2, -0.15) is 0 Å². The van der Waals surface area contributed by atoms with Crippen LogP contribution >= 0.6 is 11.8 Å². The minimum Gasteiger partial charge on any atom is -0.326 e. The number of aromatic amines is 1. The molecule has 0 fully saturated rings. The summed E-state index contributed by atoms with van der Waals surface area (Å²) in [6.45, 7) is 3.36. The fraction of sp³-hybridized carbons (Fsp3) is 0.235. The number of carbonyl (C=O) groups excluding carboxylic acids is 2. The molecule has 2 heterocycles. The van der Waals surface area contributed by atoms with Crippen LogP contribution in [-0.4, -0.2) is 37.1 Å². The number of aromatic nitrogens is 4. The number of aryl methyl sites for hydroxylation is 1. The summed E-state index contributed by atoms with van der Waals surface area (Å²) < 4.78 is 1.74. The zero-order valence-electron chi connectivity index (χ0n) is 14.8. The third-order valence-corrected chi connectivity index (χ3v) is 4.57. The van der Waals surface area contributed by atoms with Crippen molar-refractivity contribution < 1.29 is 9.59 Å². The zero-order chi connectivity index (χ0) is 19.4. The molecule has 3 rings (SSSR count). The molecule has 0 spiro atoms. The van der Waals surface area contributed by atoms with Crippen LogP contribution in [-0.2, 0) is 16.0 Å². The highest BCUT2D eigenvalue weighted by Gasteiger charge is 2.13. The molecule has 3 aromatic rings. The van der Waals surface area contributed by atoms with Crippen LogP contribution in [0.1, 0.15) is 19.5 Å². The van der Waals surface area contributed by atoms with Crippen molar-refractivity contribution in [3.8, 4) is 0 Å². The van der Waals surface area contributed by atoms with Gasteiger partial charge in [0, 0.05) is 30.1 Å². The molecule has 0 aliphatic rings. The molecule has 0 aliphatic carbocycles. The van der Waals surface area contributed by atoms with Crippen molar-refractivity contribution in [1.29, 1.82) is 0 Å². The van der Waals surface area contributed by atoms with Gasteiger partial charge in [0.1, 0.15) is 0 Å². The quantitative estimate of drug-likeness (QED) is 0.554. The summed E-state index contributed by atoms with van der Waals surface area (Å²) in [5.74, 6) is 0.134. The number of anilines is 2. The average molecular weight is 386 g/mol. The SMILES string of the molecule is CCc1cc(=O)[nH]c2nnc(SCC(=O)Nc3ccc(NC(C)=O)cc3)n12. The van der Waals surface area contributed by atoms with E-state index in [4.69, 9.17) is 0 Å². The molecule has 0 aliphatic heterocycles. The van der Waals surface area contributed by atoms with Crippen molar-refractivity contribution in [2.24, 2.45) is 0 Å². The van der Waals surface area contributed by atoms with E-state index in [0.29, 0.717) is 28.7 Å². The molecule has 0 saturated heterocycles. The predicted molar refractivity (Wildman–Crippen MR) is 103 cm³/mol. The van der Waals surface area contributed by atoms with E-state index in [1.807, 2.05) is 6.92 Å². The summed E-state index contributed by atoms with van der Waals surface area (Å²) in [5.41, 5.74) is 1.82. The molecule has 0 bridgehead atoms. The normalized spacial score (nSPS) is 10.7. The highest BCUT2D eigenvalue weighted by molar-refractivity contribution is 7.99. The zero-order valence-corrected chi connectivity index (χ0v) is 15.6. The fourth-order valence-corrected chi connectivity index (χ4v) is 3.26. The Morgan fingerprint density at radius 1 is 1.15 bits per heavy atom. The standard InChI is InChI=1S/C17H18N6O3S/c1-3-13-8-14(25)20-16-21-22-17(23(13)16)27-9-15(26)19-12-6-4-11(5-7-12)18-10(2)24/h4-8H,3,9H2,1-2H3,(H,18,24)(H,19,26)(H,20,21,25). The van der Waals surface area contributed by atoms with Crippen LogP contribution in [0.2, 0.25) is 0 Å². The van der Waals surface area contributed by atoms with Crippen LogP contribution in [0, 0.1) is 0 Å². The Labute approximate surface area is 158 Å². The number of H-pyrrole nitrogens is 1. The fourth-order valence-electron chi connectivity index (χ4n) is 2.49. The Bertz CT molecular complexity index is 1040. The van der Waals surface area contributed by atoms with Crippen LogP contribution in [0.5, 0.6) is 0 Å². The van der Waals surface area contributed by atoms with Gasteiger partial charge in [-0.3, -0.25) is 23.8 Å². The Kier molecular flexibility index (Phi) is 5.55. The van der Waals surface area contributed by atoms with Crippen LogP contribution in [0.3, 0.4) is 0 Å². The van der Waals surface area contributed by atoms with Gasteiger partial charge in [0.2, 0.25) is 17.6 Å². The molecule has 9 nitrogen and oxygen atoms in total. The third-order valence-electron chi connectivity index (χ3n) is 3.64. The van der Waals surface area contributed by atoms with Crippen molar-refractivity contribution in [2.75, 3.05) is 16.4 Å². The van der Waals surface area contributed by atoms with Gasteiger partial charge >= 0.3 is 0 Å². The third kappa shape index (κ3) is 4.53. The lowest BCUT2D eigenvalue weighted by Gasteiger charge is -2.07. The predicted octanol–water partition coefficient (Wildman–Crippen LogP) is 1.67. The van der Waals surface area contributed by atoms with Crippen molar-refractivity contribution in [3.63, 3.8) is 0 Å². The van der Waals surface area contributed by atoms with E-state index in [-0.39, 0.29) is 23.1 Å². The number of carbonyl (C=O) groups is 2. The van der Waals surface area contributed by atoms with Crippen LogP contribution in [0.15, 0.2) is 40.3 Å². The maximum Gasteiger partial charge on any atom is 0.252 e. The lowest BCUT2D eigenvalue weighted by molar-refractivity contribution is -0.114. The average Bonchev–Trinajstić information content (AvgIpc) is 3.03. The van der Waals surface area contributed by atoms with Gasteiger partial charge in [0.05, 0.1) is 5.75 Å². The highest BCUT2D eigenvalue weighted by atomic mass is 32.2. The summed E-state index contributed by atoms with van der Waals surface area (Å²) in [4.78, 5) is 37.4. The molecule has 0 atom stereocenters. The van der Waals surface area contributed by atoms with Crippen molar-refractivity contribution in [2.45, 2.75) is 25.4 Å². The van der Waals surface area contributed by atoms with Crippen LogP contribution < -0.4 is 16.2 Å². The molecule has 3 N–H and O–H groups in total. The first kappa shape index (κ1) is 18.6. The van der Waals surface area contributed by atoms with Gasteiger partial charge in [-0.25, -0.2) is 0 Å². The number of amides is 2. The number of hydrogen-bond donors (Lipinski definition) is 3. The van der Waals surface area contributed by atoms with Crippen molar-refractivity contribution in [3.05, 3.63) is 46.4 Å². The molecule has 10 heteroatoms. The molecule has 2 amide bonds. The molecular formula is C17H18N6O3S. The summed E-state index contributed by atoms with van der Waals surface area (Å²) in [6.07, 6.45) is 0.638. The van der Waals surface area contributed by atoms with Gasteiger partial charge in [-0.05, 0) is 30.7 Å². The highest BCUT2D eigenvalue weighted by Crippen LogP contribution is 2.19. The Morgan fingerprint density at radius 3 is 2.44 bits per heavy atom. The van der Waals surface area contributed by atoms with Gasteiger partial charge in [0.25, 0.3) is 5.56 Å². The molecule has 0 radical (unpaired) electrons. The summed E-state index contributed by atoms with van der Waals surface area (Å²) in [5, 5.41) is 14.0. The maximum absolute atomic E-state index is 12.2. The first-order valence-corrected chi connectivity index (χ1v) is 9.22. The van der Waals surface area contributed by atoms with E-state index in [1.54, 1.807) is 28.7 Å². The summed E-state index contributed by atoms with van der Waals surface area (Å²) in [7, 11) is 0. The smallest absolute Gasteiger partial charge is 0.252 e. The van der Waals surface area contributed by atoms with Crippen LogP contribution in [0.25, 0.3) is 5.78 Å². The maximum atomic E-state index is 12.2. The first-order valence-electron chi connectivity index (χ1n) is 8.24. The minimum absolute atomic E-state index is 0.135. The number of hydrogen-bond acceptors (Lipinski definition) is 6. The molecule has 0 saturated carbocycles. The Hall–Kier alpha value is -3.14.